The van der Waals surface area contributed by atoms with Gasteiger partial charge in [0.15, 0.2) is 5.75 Å². The Morgan fingerprint density at radius 3 is 2.55 bits per heavy atom. The molecule has 5 rings (SSSR count). The number of aliphatic carboxylic acids is 1. The van der Waals surface area contributed by atoms with E-state index in [1.54, 1.807) is 54.6 Å². The molecular formula is C28H25ClN4O5. The maximum Gasteiger partial charge on any atom is 0.323 e. The van der Waals surface area contributed by atoms with Crippen molar-refractivity contribution < 1.29 is 24.0 Å². The number of ether oxygens (including phenoxy) is 1. The molecule has 2 atom stereocenters. The lowest BCUT2D eigenvalue weighted by Gasteiger charge is -2.23. The number of para-hydroxylation sites is 1. The number of carbonyl (C=O) groups is 2. The van der Waals surface area contributed by atoms with Crippen LogP contribution in [-0.4, -0.2) is 27.2 Å². The average Bonchev–Trinajstić information content (AvgIpc) is 3.42. The van der Waals surface area contributed by atoms with Crippen LogP contribution in [0.3, 0.4) is 0 Å². The molecule has 1 aliphatic rings. The van der Waals surface area contributed by atoms with Gasteiger partial charge in [-0.25, -0.2) is 4.79 Å². The molecule has 1 saturated carbocycles. The number of hydrogen-bond donors (Lipinski definition) is 3. The van der Waals surface area contributed by atoms with E-state index in [2.05, 4.69) is 20.8 Å². The minimum absolute atomic E-state index is 0.0561. The van der Waals surface area contributed by atoms with Gasteiger partial charge in [0.1, 0.15) is 5.75 Å². The van der Waals surface area contributed by atoms with Crippen molar-refractivity contribution in [2.75, 3.05) is 10.6 Å². The van der Waals surface area contributed by atoms with E-state index in [-0.39, 0.29) is 11.8 Å². The topological polar surface area (TPSA) is 127 Å². The summed E-state index contributed by atoms with van der Waals surface area (Å²) in [6.07, 6.45) is 2.82. The summed E-state index contributed by atoms with van der Waals surface area (Å²) in [6.45, 7) is 0. The number of rotatable bonds is 7. The van der Waals surface area contributed by atoms with Crippen molar-refractivity contribution in [2.45, 2.75) is 31.6 Å². The summed E-state index contributed by atoms with van der Waals surface area (Å²) in [5, 5.41) is 19.5. The van der Waals surface area contributed by atoms with Gasteiger partial charge in [-0.3, -0.25) is 4.79 Å². The standard InChI is InChI=1S/C28H25ClN4O5/c29-20-11-14-23(24(16-20)37-22-7-2-1-3-8-22)31-28(36)30-21-12-9-17(10-13-21)25-32-26(38-33-25)18-5-4-6-19(15-18)27(34)35/h1-3,7-14,16,18-19H,4-6,15H2,(H,34,35)(H2,30,31,36). The minimum Gasteiger partial charge on any atom is -0.481 e. The molecule has 2 unspecified atom stereocenters. The highest BCUT2D eigenvalue weighted by Crippen LogP contribution is 2.36. The number of hydrogen-bond acceptors (Lipinski definition) is 6. The smallest absolute Gasteiger partial charge is 0.323 e. The first-order chi connectivity index (χ1) is 18.4. The highest BCUT2D eigenvalue weighted by Gasteiger charge is 2.31. The molecule has 38 heavy (non-hydrogen) atoms. The summed E-state index contributed by atoms with van der Waals surface area (Å²) in [4.78, 5) is 28.5. The largest absolute Gasteiger partial charge is 0.481 e. The number of urea groups is 1. The zero-order valence-corrected chi connectivity index (χ0v) is 21.0. The number of halogens is 1. The first kappa shape index (κ1) is 25.3. The molecule has 9 nitrogen and oxygen atoms in total. The van der Waals surface area contributed by atoms with Crippen molar-refractivity contribution in [3.05, 3.63) is 83.7 Å². The van der Waals surface area contributed by atoms with Gasteiger partial charge in [-0.1, -0.05) is 41.4 Å². The molecule has 3 aromatic carbocycles. The number of nitrogens with zero attached hydrogens (tertiary/aromatic N) is 2. The van der Waals surface area contributed by atoms with Crippen molar-refractivity contribution in [1.29, 1.82) is 0 Å². The number of amides is 2. The van der Waals surface area contributed by atoms with Crippen molar-refractivity contribution >= 4 is 35.0 Å². The number of aromatic nitrogens is 2. The molecule has 0 spiro atoms. The fraction of sp³-hybridized carbons (Fsp3) is 0.214. The molecule has 1 aliphatic carbocycles. The summed E-state index contributed by atoms with van der Waals surface area (Å²) in [6, 6.07) is 20.7. The fourth-order valence-electron chi connectivity index (χ4n) is 4.44. The van der Waals surface area contributed by atoms with E-state index in [1.165, 1.54) is 0 Å². The number of carboxylic acids is 1. The molecule has 0 bridgehead atoms. The fourth-order valence-corrected chi connectivity index (χ4v) is 4.61. The molecule has 1 aromatic heterocycles. The Balaban J connectivity index is 1.22. The van der Waals surface area contributed by atoms with Gasteiger partial charge in [0, 0.05) is 28.3 Å². The number of benzene rings is 3. The molecule has 4 aromatic rings. The number of anilines is 2. The van der Waals surface area contributed by atoms with E-state index in [4.69, 9.17) is 20.9 Å². The summed E-state index contributed by atoms with van der Waals surface area (Å²) in [7, 11) is 0. The molecule has 194 valence electrons. The van der Waals surface area contributed by atoms with Crippen LogP contribution in [0.5, 0.6) is 11.5 Å². The van der Waals surface area contributed by atoms with Crippen molar-refractivity contribution in [3.63, 3.8) is 0 Å². The van der Waals surface area contributed by atoms with E-state index in [0.717, 1.165) is 12.8 Å². The molecule has 0 saturated heterocycles. The number of carbonyl (C=O) groups excluding carboxylic acids is 1. The lowest BCUT2D eigenvalue weighted by molar-refractivity contribution is -0.143. The molecule has 0 aliphatic heterocycles. The second-order valence-corrected chi connectivity index (χ2v) is 9.50. The van der Waals surface area contributed by atoms with Crippen LogP contribution in [0.1, 0.15) is 37.5 Å². The third kappa shape index (κ3) is 6.12. The van der Waals surface area contributed by atoms with Crippen molar-refractivity contribution in [3.8, 4) is 22.9 Å². The minimum atomic E-state index is -0.780. The zero-order valence-electron chi connectivity index (χ0n) is 20.3. The Hall–Kier alpha value is -4.37. The number of carboxylic acid groups (broad SMARTS) is 1. The van der Waals surface area contributed by atoms with E-state index in [1.807, 2.05) is 18.2 Å². The predicted octanol–water partition coefficient (Wildman–Crippen LogP) is 7.18. The van der Waals surface area contributed by atoms with E-state index in [9.17, 15) is 14.7 Å². The van der Waals surface area contributed by atoms with E-state index >= 15 is 0 Å². The summed E-state index contributed by atoms with van der Waals surface area (Å²) >= 11 is 6.13. The van der Waals surface area contributed by atoms with Gasteiger partial charge in [0.05, 0.1) is 11.6 Å². The maximum atomic E-state index is 12.7. The van der Waals surface area contributed by atoms with Gasteiger partial charge in [-0.2, -0.15) is 4.98 Å². The average molecular weight is 533 g/mol. The molecule has 1 fully saturated rings. The monoisotopic (exact) mass is 532 g/mol. The van der Waals surface area contributed by atoms with Crippen LogP contribution in [-0.2, 0) is 4.79 Å². The summed E-state index contributed by atoms with van der Waals surface area (Å²) < 4.78 is 11.3. The van der Waals surface area contributed by atoms with Crippen LogP contribution in [0.15, 0.2) is 77.3 Å². The third-order valence-corrected chi connectivity index (χ3v) is 6.61. The van der Waals surface area contributed by atoms with Gasteiger partial charge >= 0.3 is 12.0 Å². The van der Waals surface area contributed by atoms with Crippen LogP contribution >= 0.6 is 11.6 Å². The second kappa shape index (κ2) is 11.4. The van der Waals surface area contributed by atoms with Crippen LogP contribution in [0.4, 0.5) is 16.2 Å². The lowest BCUT2D eigenvalue weighted by Crippen LogP contribution is -2.21. The maximum absolute atomic E-state index is 12.7. The van der Waals surface area contributed by atoms with E-state index in [0.29, 0.717) is 58.0 Å². The van der Waals surface area contributed by atoms with Gasteiger partial charge in [0.2, 0.25) is 11.7 Å². The molecule has 3 N–H and O–H groups in total. The third-order valence-electron chi connectivity index (χ3n) is 6.38. The van der Waals surface area contributed by atoms with Gasteiger partial charge in [-0.05, 0) is 67.8 Å². The van der Waals surface area contributed by atoms with Crippen LogP contribution in [0, 0.1) is 5.92 Å². The Morgan fingerprint density at radius 1 is 1.00 bits per heavy atom. The Bertz CT molecular complexity index is 1420. The number of nitrogens with one attached hydrogen (secondary N) is 2. The zero-order chi connectivity index (χ0) is 26.5. The molecular weight excluding hydrogens is 508 g/mol. The highest BCUT2D eigenvalue weighted by molar-refractivity contribution is 6.30. The lowest BCUT2D eigenvalue weighted by atomic mass is 9.81. The Morgan fingerprint density at radius 2 is 1.79 bits per heavy atom. The molecule has 1 heterocycles. The first-order valence-corrected chi connectivity index (χ1v) is 12.6. The van der Waals surface area contributed by atoms with Crippen LogP contribution in [0.25, 0.3) is 11.4 Å². The van der Waals surface area contributed by atoms with Gasteiger partial charge < -0.3 is 25.0 Å². The summed E-state index contributed by atoms with van der Waals surface area (Å²) in [5.41, 5.74) is 1.73. The van der Waals surface area contributed by atoms with Crippen LogP contribution in [0.2, 0.25) is 5.02 Å². The normalized spacial score (nSPS) is 17.0. The first-order valence-electron chi connectivity index (χ1n) is 12.2. The highest BCUT2D eigenvalue weighted by atomic mass is 35.5. The Kier molecular flexibility index (Phi) is 7.55. The second-order valence-electron chi connectivity index (χ2n) is 9.07. The Labute approximate surface area is 223 Å². The van der Waals surface area contributed by atoms with Crippen molar-refractivity contribution in [2.24, 2.45) is 5.92 Å². The van der Waals surface area contributed by atoms with Gasteiger partial charge in [0.25, 0.3) is 0 Å². The molecule has 0 radical (unpaired) electrons. The van der Waals surface area contributed by atoms with Crippen molar-refractivity contribution in [1.82, 2.24) is 10.1 Å². The predicted molar refractivity (Wildman–Crippen MR) is 143 cm³/mol. The van der Waals surface area contributed by atoms with Gasteiger partial charge in [-0.15, -0.1) is 0 Å². The molecule has 10 heteroatoms. The van der Waals surface area contributed by atoms with E-state index < -0.39 is 12.0 Å². The van der Waals surface area contributed by atoms with Crippen LogP contribution < -0.4 is 15.4 Å². The summed E-state index contributed by atoms with van der Waals surface area (Å²) in [5.74, 6) is 0.686. The molecule has 2 amide bonds. The quantitative estimate of drug-likeness (QED) is 0.230. The SMILES string of the molecule is O=C(Nc1ccc(-c2noc(C3CCCC(C(=O)O)C3)n2)cc1)Nc1ccc(Cl)cc1Oc1ccccc1.